The van der Waals surface area contributed by atoms with Gasteiger partial charge in [0.25, 0.3) is 15.9 Å². The van der Waals surface area contributed by atoms with Gasteiger partial charge in [0, 0.05) is 5.69 Å². The van der Waals surface area contributed by atoms with Gasteiger partial charge in [-0.2, -0.15) is 5.26 Å². The minimum Gasteiger partial charge on any atom is -0.322 e. The van der Waals surface area contributed by atoms with Crippen LogP contribution in [-0.2, 0) is 10.0 Å². The number of rotatable bonds is 5. The molecule has 3 aromatic rings. The lowest BCUT2D eigenvalue weighted by molar-refractivity contribution is 0.102. The fraction of sp³-hybridized carbons (Fsp3) is 0. The van der Waals surface area contributed by atoms with Gasteiger partial charge in [-0.25, -0.2) is 8.42 Å². The maximum Gasteiger partial charge on any atom is 0.261 e. The molecule has 3 rings (SSSR count). The third kappa shape index (κ3) is 4.32. The SMILES string of the molecule is N#Cc1cccc(S(=O)(=O)Nc2ccccc2C(=O)Nc2ccccc2)c1. The van der Waals surface area contributed by atoms with Gasteiger partial charge in [-0.05, 0) is 42.5 Å². The molecule has 6 nitrogen and oxygen atoms in total. The molecule has 0 spiro atoms. The van der Waals surface area contributed by atoms with Crippen molar-refractivity contribution in [1.29, 1.82) is 5.26 Å². The first-order valence-electron chi connectivity index (χ1n) is 7.98. The average Bonchev–Trinajstić information content (AvgIpc) is 2.69. The molecule has 1 amide bonds. The third-order valence-electron chi connectivity index (χ3n) is 3.72. The molecule has 0 atom stereocenters. The predicted molar refractivity (Wildman–Crippen MR) is 103 cm³/mol. The first kappa shape index (κ1) is 18.2. The van der Waals surface area contributed by atoms with E-state index in [9.17, 15) is 13.2 Å². The molecule has 2 N–H and O–H groups in total. The number of hydrogen-bond acceptors (Lipinski definition) is 4. The van der Waals surface area contributed by atoms with Gasteiger partial charge in [-0.15, -0.1) is 0 Å². The zero-order valence-electron chi connectivity index (χ0n) is 14.1. The van der Waals surface area contributed by atoms with Gasteiger partial charge in [-0.1, -0.05) is 36.4 Å². The minimum atomic E-state index is -3.96. The Morgan fingerprint density at radius 2 is 1.59 bits per heavy atom. The Hall–Kier alpha value is -3.63. The number of amides is 1. The van der Waals surface area contributed by atoms with Crippen LogP contribution in [0.4, 0.5) is 11.4 Å². The van der Waals surface area contributed by atoms with Gasteiger partial charge in [0.15, 0.2) is 0 Å². The summed E-state index contributed by atoms with van der Waals surface area (Å²) in [5, 5.41) is 11.7. The largest absolute Gasteiger partial charge is 0.322 e. The van der Waals surface area contributed by atoms with Crippen molar-refractivity contribution in [1.82, 2.24) is 0 Å². The van der Waals surface area contributed by atoms with Crippen LogP contribution in [0.15, 0.2) is 83.8 Å². The van der Waals surface area contributed by atoms with E-state index in [1.54, 1.807) is 36.4 Å². The van der Waals surface area contributed by atoms with Crippen molar-refractivity contribution >= 4 is 27.3 Å². The first-order valence-corrected chi connectivity index (χ1v) is 9.46. The molecule has 0 aliphatic rings. The Balaban J connectivity index is 1.89. The standard InChI is InChI=1S/C20H15N3O3S/c21-14-15-7-6-10-17(13-15)27(25,26)23-19-12-5-4-11-18(19)20(24)22-16-8-2-1-3-9-16/h1-13,23H,(H,22,24). The van der Waals surface area contributed by atoms with Gasteiger partial charge < -0.3 is 5.32 Å². The molecule has 0 unspecified atom stereocenters. The summed E-state index contributed by atoms with van der Waals surface area (Å²) in [5.41, 5.74) is 1.16. The van der Waals surface area contributed by atoms with Gasteiger partial charge >= 0.3 is 0 Å². The summed E-state index contributed by atoms with van der Waals surface area (Å²) in [7, 11) is -3.96. The van der Waals surface area contributed by atoms with Gasteiger partial charge in [-0.3, -0.25) is 9.52 Å². The highest BCUT2D eigenvalue weighted by Crippen LogP contribution is 2.22. The Kier molecular flexibility index (Phi) is 5.20. The highest BCUT2D eigenvalue weighted by Gasteiger charge is 2.19. The highest BCUT2D eigenvalue weighted by molar-refractivity contribution is 7.92. The molecule has 0 heterocycles. The first-order chi connectivity index (χ1) is 13.0. The van der Waals surface area contributed by atoms with Crippen molar-refractivity contribution in [2.24, 2.45) is 0 Å². The number of nitriles is 1. The third-order valence-corrected chi connectivity index (χ3v) is 5.08. The van der Waals surface area contributed by atoms with Crippen LogP contribution in [0, 0.1) is 11.3 Å². The van der Waals surface area contributed by atoms with E-state index in [-0.39, 0.29) is 21.7 Å². The normalized spacial score (nSPS) is 10.6. The lowest BCUT2D eigenvalue weighted by Gasteiger charge is -2.13. The van der Waals surface area contributed by atoms with E-state index in [1.807, 2.05) is 12.1 Å². The fourth-order valence-corrected chi connectivity index (χ4v) is 3.55. The van der Waals surface area contributed by atoms with Crippen molar-refractivity contribution in [3.63, 3.8) is 0 Å². The molecule has 0 aliphatic heterocycles. The maximum atomic E-state index is 12.7. The van der Waals surface area contributed by atoms with Crippen molar-refractivity contribution in [3.8, 4) is 6.07 Å². The summed E-state index contributed by atoms with van der Waals surface area (Å²) in [6.45, 7) is 0. The summed E-state index contributed by atoms with van der Waals surface area (Å²) < 4.78 is 27.7. The predicted octanol–water partition coefficient (Wildman–Crippen LogP) is 3.61. The Labute approximate surface area is 157 Å². The number of sulfonamides is 1. The second kappa shape index (κ2) is 7.72. The van der Waals surface area contributed by atoms with Gasteiger partial charge in [0.2, 0.25) is 0 Å². The smallest absolute Gasteiger partial charge is 0.261 e. The zero-order chi connectivity index (χ0) is 19.3. The average molecular weight is 377 g/mol. The molecule has 0 saturated heterocycles. The summed E-state index contributed by atoms with van der Waals surface area (Å²) in [4.78, 5) is 12.5. The number of benzene rings is 3. The molecule has 3 aromatic carbocycles. The van der Waals surface area contributed by atoms with E-state index in [4.69, 9.17) is 5.26 Å². The van der Waals surface area contributed by atoms with Crippen LogP contribution >= 0.6 is 0 Å². The van der Waals surface area contributed by atoms with E-state index in [0.717, 1.165) is 0 Å². The molecular weight excluding hydrogens is 362 g/mol. The molecule has 134 valence electrons. The lowest BCUT2D eigenvalue weighted by atomic mass is 10.1. The molecule has 27 heavy (non-hydrogen) atoms. The number of carbonyl (C=O) groups is 1. The summed E-state index contributed by atoms with van der Waals surface area (Å²) >= 11 is 0. The molecule has 0 bridgehead atoms. The van der Waals surface area contributed by atoms with Crippen molar-refractivity contribution in [3.05, 3.63) is 90.0 Å². The van der Waals surface area contributed by atoms with Gasteiger partial charge in [0.05, 0.1) is 27.8 Å². The number of carbonyl (C=O) groups excluding carboxylic acids is 1. The minimum absolute atomic E-state index is 0.0557. The molecule has 0 radical (unpaired) electrons. The number of anilines is 2. The van der Waals surface area contributed by atoms with E-state index in [2.05, 4.69) is 10.0 Å². The second-order valence-corrected chi connectivity index (χ2v) is 7.29. The molecule has 0 aromatic heterocycles. The monoisotopic (exact) mass is 377 g/mol. The van der Waals surface area contributed by atoms with Crippen LogP contribution in [0.2, 0.25) is 0 Å². The quantitative estimate of drug-likeness (QED) is 0.709. The van der Waals surface area contributed by atoms with E-state index in [1.165, 1.54) is 36.4 Å². The second-order valence-electron chi connectivity index (χ2n) is 5.61. The van der Waals surface area contributed by atoms with E-state index in [0.29, 0.717) is 5.69 Å². The zero-order valence-corrected chi connectivity index (χ0v) is 14.9. The Morgan fingerprint density at radius 1 is 0.889 bits per heavy atom. The van der Waals surface area contributed by atoms with Crippen molar-refractivity contribution in [2.45, 2.75) is 4.90 Å². The molecule has 7 heteroatoms. The number of para-hydroxylation sites is 2. The summed E-state index contributed by atoms with van der Waals surface area (Å²) in [6.07, 6.45) is 0. The van der Waals surface area contributed by atoms with Crippen LogP contribution in [0.5, 0.6) is 0 Å². The molecule has 0 aliphatic carbocycles. The topological polar surface area (TPSA) is 99.1 Å². The van der Waals surface area contributed by atoms with E-state index >= 15 is 0 Å². The molecular formula is C20H15N3O3S. The highest BCUT2D eigenvalue weighted by atomic mass is 32.2. The summed E-state index contributed by atoms with van der Waals surface area (Å²) in [6, 6.07) is 22.7. The Bertz CT molecular complexity index is 1120. The summed E-state index contributed by atoms with van der Waals surface area (Å²) in [5.74, 6) is -0.440. The Morgan fingerprint density at radius 3 is 2.33 bits per heavy atom. The van der Waals surface area contributed by atoms with Gasteiger partial charge in [0.1, 0.15) is 0 Å². The van der Waals surface area contributed by atoms with E-state index < -0.39 is 15.9 Å². The van der Waals surface area contributed by atoms with Crippen molar-refractivity contribution < 1.29 is 13.2 Å². The lowest BCUT2D eigenvalue weighted by Crippen LogP contribution is -2.18. The van der Waals surface area contributed by atoms with Crippen molar-refractivity contribution in [2.75, 3.05) is 10.0 Å². The molecule has 0 fully saturated rings. The van der Waals surface area contributed by atoms with Crippen LogP contribution in [0.3, 0.4) is 0 Å². The number of nitrogens with zero attached hydrogens (tertiary/aromatic N) is 1. The van der Waals surface area contributed by atoms with Crippen LogP contribution in [-0.4, -0.2) is 14.3 Å². The fourth-order valence-electron chi connectivity index (χ4n) is 2.43. The molecule has 0 saturated carbocycles. The number of nitrogens with one attached hydrogen (secondary N) is 2. The maximum absolute atomic E-state index is 12.7. The van der Waals surface area contributed by atoms with Crippen LogP contribution in [0.1, 0.15) is 15.9 Å². The van der Waals surface area contributed by atoms with Crippen LogP contribution in [0.25, 0.3) is 0 Å². The van der Waals surface area contributed by atoms with Crippen LogP contribution < -0.4 is 10.0 Å². The number of hydrogen-bond donors (Lipinski definition) is 2.